The number of cyclic esters (lactones) is 1. The minimum absolute atomic E-state index is 0.0894. The summed E-state index contributed by atoms with van der Waals surface area (Å²) in [6.07, 6.45) is 4.37. The summed E-state index contributed by atoms with van der Waals surface area (Å²) in [5.74, 6) is 0.941. The van der Waals surface area contributed by atoms with Gasteiger partial charge in [-0.1, -0.05) is 11.8 Å². The van der Waals surface area contributed by atoms with E-state index in [4.69, 9.17) is 9.15 Å². The lowest BCUT2D eigenvalue weighted by atomic mass is 10.1. The fourth-order valence-electron chi connectivity index (χ4n) is 3.58. The van der Waals surface area contributed by atoms with Crippen LogP contribution in [0.4, 0.5) is 10.5 Å². The molecule has 2 fully saturated rings. The van der Waals surface area contributed by atoms with E-state index < -0.39 is 0 Å². The second kappa shape index (κ2) is 7.59. The van der Waals surface area contributed by atoms with E-state index in [9.17, 15) is 9.59 Å². The van der Waals surface area contributed by atoms with Gasteiger partial charge in [-0.3, -0.25) is 9.59 Å². The van der Waals surface area contributed by atoms with Crippen LogP contribution in [0.1, 0.15) is 31.7 Å². The summed E-state index contributed by atoms with van der Waals surface area (Å²) in [7, 11) is 0. The molecule has 3 aromatic heterocycles. The number of thioether (sulfide) groups is 1. The van der Waals surface area contributed by atoms with E-state index in [1.54, 1.807) is 17.1 Å². The Morgan fingerprint density at radius 1 is 1.33 bits per heavy atom. The number of rotatable bonds is 5. The Bertz CT molecular complexity index is 1130. The lowest BCUT2D eigenvalue weighted by Gasteiger charge is -2.24. The average molecular weight is 429 g/mol. The lowest BCUT2D eigenvalue weighted by Crippen LogP contribution is -2.31. The zero-order chi connectivity index (χ0) is 20.7. The molecule has 2 atom stereocenters. The molecule has 3 aromatic rings. The number of pyridine rings is 1. The van der Waals surface area contributed by atoms with Crippen molar-refractivity contribution in [3.8, 4) is 11.5 Å². The Balaban J connectivity index is 1.55. The third kappa shape index (κ3) is 3.36. The summed E-state index contributed by atoms with van der Waals surface area (Å²) in [6, 6.07) is -0.402. The van der Waals surface area contributed by atoms with E-state index in [0.29, 0.717) is 36.8 Å². The Labute approximate surface area is 174 Å². The van der Waals surface area contributed by atoms with Crippen molar-refractivity contribution in [2.75, 3.05) is 17.7 Å². The SMILES string of the molecule is CCn1ncc2c(NC3CCOC(=O)C3)c(-c3nnc([C@H]4CSC(=O)N4)o3)cnc21. The molecule has 12 heteroatoms. The van der Waals surface area contributed by atoms with Crippen molar-refractivity contribution >= 4 is 39.7 Å². The van der Waals surface area contributed by atoms with Gasteiger partial charge in [-0.05, 0) is 6.92 Å². The molecular formula is C18H19N7O4S. The summed E-state index contributed by atoms with van der Waals surface area (Å²) in [6.45, 7) is 3.04. The number of anilines is 1. The molecule has 5 heterocycles. The Morgan fingerprint density at radius 3 is 3.00 bits per heavy atom. The van der Waals surface area contributed by atoms with Gasteiger partial charge >= 0.3 is 5.97 Å². The number of carbonyl (C=O) groups excluding carboxylic acids is 2. The van der Waals surface area contributed by atoms with Crippen LogP contribution < -0.4 is 10.6 Å². The number of amides is 1. The fraction of sp³-hybridized carbons (Fsp3) is 0.444. The van der Waals surface area contributed by atoms with Gasteiger partial charge in [0.05, 0.1) is 35.9 Å². The van der Waals surface area contributed by atoms with Crippen LogP contribution in [0, 0.1) is 0 Å². The van der Waals surface area contributed by atoms with Gasteiger partial charge in [-0.25, -0.2) is 9.67 Å². The average Bonchev–Trinajstić information content (AvgIpc) is 3.47. The van der Waals surface area contributed by atoms with E-state index in [2.05, 4.69) is 30.9 Å². The molecule has 1 amide bonds. The molecule has 11 nitrogen and oxygen atoms in total. The zero-order valence-corrected chi connectivity index (χ0v) is 16.9. The van der Waals surface area contributed by atoms with E-state index in [-0.39, 0.29) is 35.6 Å². The molecule has 2 N–H and O–H groups in total. The van der Waals surface area contributed by atoms with E-state index in [1.807, 2.05) is 6.92 Å². The summed E-state index contributed by atoms with van der Waals surface area (Å²) in [5, 5.41) is 19.6. The minimum Gasteiger partial charge on any atom is -0.466 e. The highest BCUT2D eigenvalue weighted by atomic mass is 32.2. The fourth-order valence-corrected chi connectivity index (χ4v) is 4.35. The first-order valence-electron chi connectivity index (χ1n) is 9.66. The molecule has 0 radical (unpaired) electrons. The van der Waals surface area contributed by atoms with Gasteiger partial charge in [0.25, 0.3) is 11.1 Å². The molecule has 0 bridgehead atoms. The van der Waals surface area contributed by atoms with Crippen LogP contribution in [-0.4, -0.2) is 54.6 Å². The minimum atomic E-state index is -0.312. The van der Waals surface area contributed by atoms with Crippen molar-refractivity contribution in [2.45, 2.75) is 38.4 Å². The first-order chi connectivity index (χ1) is 14.6. The third-order valence-electron chi connectivity index (χ3n) is 5.10. The highest BCUT2D eigenvalue weighted by molar-refractivity contribution is 8.13. The molecule has 0 aromatic carbocycles. The monoisotopic (exact) mass is 429 g/mol. The number of nitrogens with one attached hydrogen (secondary N) is 2. The first kappa shape index (κ1) is 18.9. The number of esters is 1. The number of nitrogens with zero attached hydrogens (tertiary/aromatic N) is 5. The number of fused-ring (bicyclic) bond motifs is 1. The maximum absolute atomic E-state index is 11.7. The van der Waals surface area contributed by atoms with Crippen molar-refractivity contribution in [3.63, 3.8) is 0 Å². The van der Waals surface area contributed by atoms with Gasteiger partial charge in [-0.15, -0.1) is 10.2 Å². The van der Waals surface area contributed by atoms with E-state index >= 15 is 0 Å². The second-order valence-electron chi connectivity index (χ2n) is 7.04. The summed E-state index contributed by atoms with van der Waals surface area (Å²) in [5.41, 5.74) is 2.08. The molecule has 2 aliphatic rings. The molecule has 0 spiro atoms. The quantitative estimate of drug-likeness (QED) is 0.580. The largest absolute Gasteiger partial charge is 0.466 e. The molecule has 30 heavy (non-hydrogen) atoms. The maximum atomic E-state index is 11.7. The van der Waals surface area contributed by atoms with Crippen LogP contribution in [0.3, 0.4) is 0 Å². The van der Waals surface area contributed by atoms with Crippen LogP contribution in [0.2, 0.25) is 0 Å². The Hall–Kier alpha value is -3.15. The summed E-state index contributed by atoms with van der Waals surface area (Å²) in [4.78, 5) is 27.8. The van der Waals surface area contributed by atoms with Gasteiger partial charge in [0.15, 0.2) is 5.65 Å². The Morgan fingerprint density at radius 2 is 2.23 bits per heavy atom. The molecule has 1 unspecified atom stereocenters. The predicted molar refractivity (Wildman–Crippen MR) is 108 cm³/mol. The topological polar surface area (TPSA) is 137 Å². The number of hydrogen-bond acceptors (Lipinski definition) is 10. The van der Waals surface area contributed by atoms with Gasteiger partial charge in [0.2, 0.25) is 5.89 Å². The maximum Gasteiger partial charge on any atom is 0.307 e. The van der Waals surface area contributed by atoms with Crippen LogP contribution in [0.15, 0.2) is 16.8 Å². The summed E-state index contributed by atoms with van der Waals surface area (Å²) < 4.78 is 12.7. The van der Waals surface area contributed by atoms with Crippen molar-refractivity contribution in [3.05, 3.63) is 18.3 Å². The molecule has 156 valence electrons. The predicted octanol–water partition coefficient (Wildman–Crippen LogP) is 2.12. The van der Waals surface area contributed by atoms with Crippen LogP contribution in [0.25, 0.3) is 22.5 Å². The van der Waals surface area contributed by atoms with E-state index in [1.165, 1.54) is 11.8 Å². The molecule has 2 aliphatic heterocycles. The molecule has 0 saturated carbocycles. The Kier molecular flexibility index (Phi) is 4.77. The van der Waals surface area contributed by atoms with Crippen molar-refractivity contribution in [1.82, 2.24) is 30.3 Å². The standard InChI is InChI=1S/C18H19N7O4S/c1-2-25-15-10(7-20-25)14(21-9-3-4-28-13(26)5-9)11(6-19-15)16-23-24-17(29-16)12-8-30-18(27)22-12/h6-7,9,12H,2-5,8H2,1H3,(H,19,21)(H,22,27)/t9?,12-/m1/s1. The number of ether oxygens (including phenoxy) is 1. The van der Waals surface area contributed by atoms with Gasteiger partial charge < -0.3 is 19.8 Å². The highest BCUT2D eigenvalue weighted by Crippen LogP contribution is 2.35. The zero-order valence-electron chi connectivity index (χ0n) is 16.1. The van der Waals surface area contributed by atoms with Gasteiger partial charge in [0.1, 0.15) is 6.04 Å². The number of aromatic nitrogens is 5. The van der Waals surface area contributed by atoms with E-state index in [0.717, 1.165) is 16.7 Å². The van der Waals surface area contributed by atoms with Gasteiger partial charge in [0, 0.05) is 31.0 Å². The van der Waals surface area contributed by atoms with Crippen LogP contribution >= 0.6 is 11.8 Å². The third-order valence-corrected chi connectivity index (χ3v) is 5.98. The van der Waals surface area contributed by atoms with Crippen molar-refractivity contribution in [2.24, 2.45) is 0 Å². The normalized spacial score (nSPS) is 21.6. The van der Waals surface area contributed by atoms with Crippen molar-refractivity contribution in [1.29, 1.82) is 0 Å². The highest BCUT2D eigenvalue weighted by Gasteiger charge is 2.29. The van der Waals surface area contributed by atoms with Gasteiger partial charge in [-0.2, -0.15) is 5.10 Å². The van der Waals surface area contributed by atoms with Crippen molar-refractivity contribution < 1.29 is 18.7 Å². The molecule has 0 aliphatic carbocycles. The number of carbonyl (C=O) groups is 2. The van der Waals surface area contributed by atoms with Crippen LogP contribution in [-0.2, 0) is 16.1 Å². The molecule has 2 saturated heterocycles. The number of aryl methyl sites for hydroxylation is 1. The second-order valence-corrected chi connectivity index (χ2v) is 8.03. The number of hydrogen-bond donors (Lipinski definition) is 2. The smallest absolute Gasteiger partial charge is 0.307 e. The lowest BCUT2D eigenvalue weighted by molar-refractivity contribution is -0.147. The molecular weight excluding hydrogens is 410 g/mol. The van der Waals surface area contributed by atoms with Crippen LogP contribution in [0.5, 0.6) is 0 Å². The first-order valence-corrected chi connectivity index (χ1v) is 10.6. The molecule has 5 rings (SSSR count). The summed E-state index contributed by atoms with van der Waals surface area (Å²) >= 11 is 1.18.